The molecule has 0 saturated heterocycles. The van der Waals surface area contributed by atoms with Crippen molar-refractivity contribution in [2.24, 2.45) is 0 Å². The van der Waals surface area contributed by atoms with E-state index < -0.39 is 0 Å². The highest BCUT2D eigenvalue weighted by atomic mass is 16.3. The number of anilines is 3. The fourth-order valence-corrected chi connectivity index (χ4v) is 7.68. The first-order chi connectivity index (χ1) is 25.8. The Balaban J connectivity index is 1.06. The largest absolute Gasteiger partial charge is 0.456 e. The maximum absolute atomic E-state index is 6.21. The molecule has 0 saturated carbocycles. The van der Waals surface area contributed by atoms with Gasteiger partial charge in [0.15, 0.2) is 0 Å². The first-order valence-corrected chi connectivity index (χ1v) is 17.8. The first-order valence-electron chi connectivity index (χ1n) is 17.8. The molecule has 52 heavy (non-hydrogen) atoms. The molecule has 0 bridgehead atoms. The van der Waals surface area contributed by atoms with Gasteiger partial charge in [0.05, 0.1) is 0 Å². The summed E-state index contributed by atoms with van der Waals surface area (Å²) in [5, 5.41) is 7.28. The van der Waals surface area contributed by atoms with E-state index in [0.29, 0.717) is 0 Å². The molecule has 0 atom stereocenters. The van der Waals surface area contributed by atoms with Crippen molar-refractivity contribution < 1.29 is 4.42 Å². The highest BCUT2D eigenvalue weighted by Crippen LogP contribution is 2.41. The van der Waals surface area contributed by atoms with E-state index in [-0.39, 0.29) is 0 Å². The van der Waals surface area contributed by atoms with Crippen molar-refractivity contribution in [1.82, 2.24) is 0 Å². The zero-order chi connectivity index (χ0) is 34.4. The molecule has 0 aliphatic carbocycles. The van der Waals surface area contributed by atoms with Crippen LogP contribution in [0.5, 0.6) is 0 Å². The van der Waals surface area contributed by atoms with Gasteiger partial charge in [0.2, 0.25) is 0 Å². The van der Waals surface area contributed by atoms with Gasteiger partial charge in [-0.15, -0.1) is 0 Å². The van der Waals surface area contributed by atoms with Gasteiger partial charge in [-0.2, -0.15) is 0 Å². The summed E-state index contributed by atoms with van der Waals surface area (Å²) in [6, 6.07) is 71.7. The first kappa shape index (κ1) is 30.0. The molecule has 10 rings (SSSR count). The van der Waals surface area contributed by atoms with Gasteiger partial charge in [0.1, 0.15) is 11.2 Å². The van der Waals surface area contributed by atoms with E-state index in [9.17, 15) is 0 Å². The van der Waals surface area contributed by atoms with Crippen molar-refractivity contribution in [3.63, 3.8) is 0 Å². The topological polar surface area (TPSA) is 16.4 Å². The van der Waals surface area contributed by atoms with Crippen molar-refractivity contribution >= 4 is 60.5 Å². The van der Waals surface area contributed by atoms with E-state index in [2.05, 4.69) is 193 Å². The van der Waals surface area contributed by atoms with Gasteiger partial charge in [-0.3, -0.25) is 0 Å². The van der Waals surface area contributed by atoms with Crippen molar-refractivity contribution in [3.8, 4) is 33.4 Å². The second kappa shape index (κ2) is 12.5. The summed E-state index contributed by atoms with van der Waals surface area (Å²) in [5.41, 5.74) is 12.3. The summed E-state index contributed by atoms with van der Waals surface area (Å²) in [4.78, 5) is 2.36. The van der Waals surface area contributed by atoms with Crippen LogP contribution in [0, 0.1) is 0 Å². The van der Waals surface area contributed by atoms with Gasteiger partial charge >= 0.3 is 0 Å². The van der Waals surface area contributed by atoms with E-state index in [4.69, 9.17) is 4.42 Å². The molecule has 1 heterocycles. The standard InChI is InChI=1S/C50H33NO/c1-2-9-34(10-3-1)35-17-19-36(20-18-35)37-23-27-41(28-24-37)51(43-31-32-45-40(33-43)22-21-38-11-4-5-12-44(38)45)42-29-25-39(26-30-42)46-14-8-16-49-50(46)47-13-6-7-15-48(47)52-49/h1-33H. The summed E-state index contributed by atoms with van der Waals surface area (Å²) in [6.07, 6.45) is 0. The Morgan fingerprint density at radius 3 is 1.56 bits per heavy atom. The van der Waals surface area contributed by atoms with Crippen LogP contribution in [0.2, 0.25) is 0 Å². The molecule has 0 N–H and O–H groups in total. The Morgan fingerprint density at radius 2 is 0.827 bits per heavy atom. The van der Waals surface area contributed by atoms with E-state index in [1.165, 1.54) is 49.4 Å². The van der Waals surface area contributed by atoms with E-state index >= 15 is 0 Å². The Kier molecular flexibility index (Phi) is 7.18. The van der Waals surface area contributed by atoms with Gasteiger partial charge in [-0.05, 0) is 103 Å². The van der Waals surface area contributed by atoms with Gasteiger partial charge in [-0.25, -0.2) is 0 Å². The van der Waals surface area contributed by atoms with Crippen LogP contribution < -0.4 is 4.90 Å². The molecular formula is C50H33NO. The Morgan fingerprint density at radius 1 is 0.308 bits per heavy atom. The predicted molar refractivity (Wildman–Crippen MR) is 220 cm³/mol. The van der Waals surface area contributed by atoms with Crippen LogP contribution in [0.4, 0.5) is 17.1 Å². The zero-order valence-electron chi connectivity index (χ0n) is 28.4. The van der Waals surface area contributed by atoms with Gasteiger partial charge < -0.3 is 9.32 Å². The number of furan rings is 1. The summed E-state index contributed by atoms with van der Waals surface area (Å²) in [6.45, 7) is 0. The molecule has 0 fully saturated rings. The Hall–Kier alpha value is -6.90. The fraction of sp³-hybridized carbons (Fsp3) is 0. The minimum atomic E-state index is 0.905. The number of rotatable bonds is 6. The highest BCUT2D eigenvalue weighted by Gasteiger charge is 2.16. The van der Waals surface area contributed by atoms with Crippen LogP contribution in [0.25, 0.3) is 76.9 Å². The van der Waals surface area contributed by atoms with Crippen LogP contribution in [-0.4, -0.2) is 0 Å². The Labute approximate surface area is 302 Å². The molecule has 2 heteroatoms. The molecule has 2 nitrogen and oxygen atoms in total. The highest BCUT2D eigenvalue weighted by molar-refractivity contribution is 6.12. The van der Waals surface area contributed by atoms with Crippen molar-refractivity contribution in [3.05, 3.63) is 200 Å². The summed E-state index contributed by atoms with van der Waals surface area (Å²) in [5.74, 6) is 0. The number of nitrogens with zero attached hydrogens (tertiary/aromatic N) is 1. The lowest BCUT2D eigenvalue weighted by Gasteiger charge is -2.26. The van der Waals surface area contributed by atoms with Crippen molar-refractivity contribution in [2.75, 3.05) is 4.90 Å². The van der Waals surface area contributed by atoms with Crippen LogP contribution >= 0.6 is 0 Å². The number of benzene rings is 9. The third-order valence-corrected chi connectivity index (χ3v) is 10.3. The van der Waals surface area contributed by atoms with Crippen LogP contribution in [0.1, 0.15) is 0 Å². The second-order valence-electron chi connectivity index (χ2n) is 13.3. The molecule has 1 aromatic heterocycles. The minimum absolute atomic E-state index is 0.905. The van der Waals surface area contributed by atoms with E-state index in [1.54, 1.807) is 0 Å². The average molecular weight is 664 g/mol. The SMILES string of the molecule is c1ccc(-c2ccc(-c3ccc(N(c4ccc(-c5cccc6oc7ccccc7c56)cc4)c4ccc5c(ccc6ccccc65)c4)cc3)cc2)cc1. The fourth-order valence-electron chi connectivity index (χ4n) is 7.68. The monoisotopic (exact) mass is 663 g/mol. The molecule has 0 aliphatic heterocycles. The van der Waals surface area contributed by atoms with Crippen molar-refractivity contribution in [2.45, 2.75) is 0 Å². The summed E-state index contributed by atoms with van der Waals surface area (Å²) < 4.78 is 6.21. The molecule has 244 valence electrons. The average Bonchev–Trinajstić information content (AvgIpc) is 3.61. The molecule has 0 unspecified atom stereocenters. The second-order valence-corrected chi connectivity index (χ2v) is 13.3. The lowest BCUT2D eigenvalue weighted by Crippen LogP contribution is -2.09. The molecule has 0 radical (unpaired) electrons. The molecule has 9 aromatic carbocycles. The van der Waals surface area contributed by atoms with E-state index in [1.807, 2.05) is 12.1 Å². The van der Waals surface area contributed by atoms with Gasteiger partial charge in [0.25, 0.3) is 0 Å². The third kappa shape index (κ3) is 5.21. The third-order valence-electron chi connectivity index (χ3n) is 10.3. The normalized spacial score (nSPS) is 11.5. The maximum atomic E-state index is 6.21. The summed E-state index contributed by atoms with van der Waals surface area (Å²) in [7, 11) is 0. The lowest BCUT2D eigenvalue weighted by atomic mass is 9.98. The van der Waals surface area contributed by atoms with E-state index in [0.717, 1.165) is 44.6 Å². The molecule has 0 spiro atoms. The lowest BCUT2D eigenvalue weighted by molar-refractivity contribution is 0.669. The van der Waals surface area contributed by atoms with Crippen molar-refractivity contribution in [1.29, 1.82) is 0 Å². The number of fused-ring (bicyclic) bond motifs is 6. The Bertz CT molecular complexity index is 2870. The molecule has 10 aromatic rings. The molecule has 0 amide bonds. The van der Waals surface area contributed by atoms with Gasteiger partial charge in [0, 0.05) is 27.8 Å². The summed E-state index contributed by atoms with van der Waals surface area (Å²) >= 11 is 0. The smallest absolute Gasteiger partial charge is 0.136 e. The van der Waals surface area contributed by atoms with Crippen LogP contribution in [-0.2, 0) is 0 Å². The van der Waals surface area contributed by atoms with Crippen LogP contribution in [0.15, 0.2) is 205 Å². The number of hydrogen-bond acceptors (Lipinski definition) is 2. The number of para-hydroxylation sites is 1. The number of hydrogen-bond donors (Lipinski definition) is 0. The minimum Gasteiger partial charge on any atom is -0.456 e. The molecule has 0 aliphatic rings. The van der Waals surface area contributed by atoms with Gasteiger partial charge in [-0.1, -0.05) is 152 Å². The quantitative estimate of drug-likeness (QED) is 0.165. The zero-order valence-corrected chi connectivity index (χ0v) is 28.4. The molecular weight excluding hydrogens is 631 g/mol. The maximum Gasteiger partial charge on any atom is 0.136 e. The predicted octanol–water partition coefficient (Wildman–Crippen LogP) is 14.4. The van der Waals surface area contributed by atoms with Crippen LogP contribution in [0.3, 0.4) is 0 Å².